The Balaban J connectivity index is 2.31. The number of aromatic nitrogens is 1. The van der Waals surface area contributed by atoms with Gasteiger partial charge in [-0.15, -0.1) is 0 Å². The Morgan fingerprint density at radius 2 is 2.42 bits per heavy atom. The molecule has 0 amide bonds. The van der Waals surface area contributed by atoms with Crippen molar-refractivity contribution in [1.29, 1.82) is 0 Å². The highest BCUT2D eigenvalue weighted by Crippen LogP contribution is 2.08. The van der Waals surface area contributed by atoms with Gasteiger partial charge in [-0.1, -0.05) is 18.2 Å². The van der Waals surface area contributed by atoms with Crippen molar-refractivity contribution in [2.24, 2.45) is 0 Å². The summed E-state index contributed by atoms with van der Waals surface area (Å²) in [5, 5.41) is 3.19. The molecule has 12 heavy (non-hydrogen) atoms. The highest BCUT2D eigenvalue weighted by Gasteiger charge is 2.01. The average molecular weight is 157 g/mol. The fraction of sp³-hybridized carbons (Fsp3) is 0.100. The fourth-order valence-corrected chi connectivity index (χ4v) is 1.09. The Hall–Kier alpha value is -1.57. The van der Waals surface area contributed by atoms with Crippen LogP contribution in [0.2, 0.25) is 0 Å². The van der Waals surface area contributed by atoms with Crippen molar-refractivity contribution in [3.8, 4) is 0 Å². The molecule has 1 aliphatic rings. The molecule has 1 aromatic heterocycles. The van der Waals surface area contributed by atoms with E-state index in [4.69, 9.17) is 0 Å². The van der Waals surface area contributed by atoms with E-state index in [1.165, 1.54) is 0 Å². The summed E-state index contributed by atoms with van der Waals surface area (Å²) < 4.78 is 0. The van der Waals surface area contributed by atoms with Crippen LogP contribution in [0.1, 0.15) is 5.69 Å². The monoisotopic (exact) mass is 157 g/mol. The minimum Gasteiger partial charge on any atom is -0.379 e. The number of hydrogen-bond donors (Lipinski definition) is 1. The molecule has 2 heteroatoms. The van der Waals surface area contributed by atoms with E-state index < -0.39 is 0 Å². The maximum absolute atomic E-state index is 4.21. The zero-order valence-corrected chi connectivity index (χ0v) is 6.62. The third-order valence-corrected chi connectivity index (χ3v) is 1.66. The van der Waals surface area contributed by atoms with Gasteiger partial charge in [0.2, 0.25) is 0 Å². The summed E-state index contributed by atoms with van der Waals surface area (Å²) in [7, 11) is 0. The second-order valence-corrected chi connectivity index (χ2v) is 2.52. The first-order valence-corrected chi connectivity index (χ1v) is 3.90. The molecule has 0 saturated carbocycles. The summed E-state index contributed by atoms with van der Waals surface area (Å²) in [5.41, 5.74) is 1.92. The molecular weight excluding hydrogens is 148 g/mol. The Labute approximate surface area is 71.6 Å². The van der Waals surface area contributed by atoms with Gasteiger partial charge in [0.15, 0.2) is 0 Å². The molecule has 59 valence electrons. The number of nitrogens with one attached hydrogen (secondary N) is 1. The van der Waals surface area contributed by atoms with Crippen LogP contribution < -0.4 is 5.32 Å². The number of pyridine rings is 1. The van der Waals surface area contributed by atoms with Gasteiger partial charge >= 0.3 is 0 Å². The van der Waals surface area contributed by atoms with Crippen LogP contribution in [0.5, 0.6) is 0 Å². The predicted octanol–water partition coefficient (Wildman–Crippen LogP) is 1.39. The summed E-state index contributed by atoms with van der Waals surface area (Å²) in [5.74, 6) is 0. The lowest BCUT2D eigenvalue weighted by Crippen LogP contribution is -2.15. The van der Waals surface area contributed by atoms with E-state index in [1.54, 1.807) is 6.20 Å². The minimum atomic E-state index is 0.860. The van der Waals surface area contributed by atoms with Crippen molar-refractivity contribution < 1.29 is 0 Å². The lowest BCUT2D eigenvalue weighted by molar-refractivity contribution is 0.976. The minimum absolute atomic E-state index is 0.860. The highest BCUT2D eigenvalue weighted by molar-refractivity contribution is 5.60. The van der Waals surface area contributed by atoms with Crippen molar-refractivity contribution >= 4 is 5.70 Å². The first-order chi connectivity index (χ1) is 5.97. The largest absolute Gasteiger partial charge is 0.379 e. The van der Waals surface area contributed by atoms with Crippen molar-refractivity contribution in [2.45, 2.75) is 0 Å². The van der Waals surface area contributed by atoms with E-state index in [9.17, 15) is 0 Å². The third-order valence-electron chi connectivity index (χ3n) is 1.66. The van der Waals surface area contributed by atoms with Gasteiger partial charge in [-0.2, -0.15) is 0 Å². The number of hydrogen-bond acceptors (Lipinski definition) is 2. The summed E-state index contributed by atoms with van der Waals surface area (Å²) >= 11 is 0. The predicted molar refractivity (Wildman–Crippen MR) is 48.0 cm³/mol. The highest BCUT2D eigenvalue weighted by atomic mass is 14.9. The summed E-state index contributed by atoms with van der Waals surface area (Å²) in [6.07, 6.45) is 8.82. The Kier molecular flexibility index (Phi) is 1.90. The van der Waals surface area contributed by atoms with Crippen LogP contribution in [0.3, 0.4) is 0 Å². The number of allylic oxidation sites excluding steroid dienone is 2. The lowest BCUT2D eigenvalue weighted by atomic mass is 10.2. The van der Waals surface area contributed by atoms with E-state index >= 15 is 0 Å². The van der Waals surface area contributed by atoms with E-state index in [0.717, 1.165) is 17.9 Å². The van der Waals surface area contributed by atoms with Crippen LogP contribution in [-0.4, -0.2) is 11.5 Å². The maximum atomic E-state index is 4.21. The molecular formula is C10H9N2. The van der Waals surface area contributed by atoms with E-state index in [-0.39, 0.29) is 0 Å². The normalized spacial score (nSPS) is 15.2. The van der Waals surface area contributed by atoms with Crippen LogP contribution in [0, 0.1) is 6.08 Å². The van der Waals surface area contributed by atoms with Gasteiger partial charge < -0.3 is 5.32 Å². The van der Waals surface area contributed by atoms with Gasteiger partial charge in [0.1, 0.15) is 0 Å². The van der Waals surface area contributed by atoms with Gasteiger partial charge in [-0.25, -0.2) is 0 Å². The molecule has 0 fully saturated rings. The Bertz CT molecular complexity index is 312. The van der Waals surface area contributed by atoms with E-state index in [0.29, 0.717) is 0 Å². The maximum Gasteiger partial charge on any atom is 0.0867 e. The first-order valence-electron chi connectivity index (χ1n) is 3.90. The zero-order chi connectivity index (χ0) is 8.23. The topological polar surface area (TPSA) is 24.9 Å². The van der Waals surface area contributed by atoms with Crippen LogP contribution in [0.15, 0.2) is 36.5 Å². The molecule has 0 aliphatic carbocycles. The van der Waals surface area contributed by atoms with Crippen LogP contribution in [-0.2, 0) is 0 Å². The Morgan fingerprint density at radius 3 is 3.08 bits per heavy atom. The zero-order valence-electron chi connectivity index (χ0n) is 6.62. The standard InChI is InChI=1S/C10H9N2/c1-3-7-11-9(5-1)10-6-2-4-8-12-10/h1-5,7,12H,8H2. The van der Waals surface area contributed by atoms with Gasteiger partial charge in [0.25, 0.3) is 0 Å². The van der Waals surface area contributed by atoms with Gasteiger partial charge in [-0.05, 0) is 12.1 Å². The molecule has 0 bridgehead atoms. The molecule has 1 radical (unpaired) electrons. The first kappa shape index (κ1) is 7.10. The quantitative estimate of drug-likeness (QED) is 0.666. The lowest BCUT2D eigenvalue weighted by Gasteiger charge is -2.09. The molecule has 2 heterocycles. The SMILES string of the molecule is [C]1=C(c2ccccn2)NCC=C1. The molecule has 1 aliphatic heterocycles. The average Bonchev–Trinajstić information content (AvgIpc) is 2.21. The van der Waals surface area contributed by atoms with Crippen LogP contribution in [0.25, 0.3) is 5.70 Å². The fourth-order valence-electron chi connectivity index (χ4n) is 1.09. The molecule has 1 N–H and O–H groups in total. The Morgan fingerprint density at radius 1 is 1.42 bits per heavy atom. The number of dihydropyridines is 1. The molecule has 0 unspecified atom stereocenters. The van der Waals surface area contributed by atoms with Gasteiger partial charge in [-0.3, -0.25) is 4.98 Å². The van der Waals surface area contributed by atoms with Gasteiger partial charge in [0.05, 0.1) is 11.4 Å². The molecule has 0 atom stereocenters. The molecule has 0 saturated heterocycles. The van der Waals surface area contributed by atoms with Crippen molar-refractivity contribution in [3.05, 3.63) is 48.3 Å². The second-order valence-electron chi connectivity index (χ2n) is 2.52. The summed E-state index contributed by atoms with van der Waals surface area (Å²) in [6, 6.07) is 5.84. The molecule has 0 aromatic carbocycles. The molecule has 1 aromatic rings. The van der Waals surface area contributed by atoms with Crippen molar-refractivity contribution in [2.75, 3.05) is 6.54 Å². The van der Waals surface area contributed by atoms with Crippen LogP contribution >= 0.6 is 0 Å². The van der Waals surface area contributed by atoms with E-state index in [2.05, 4.69) is 16.4 Å². The van der Waals surface area contributed by atoms with Crippen LogP contribution in [0.4, 0.5) is 0 Å². The van der Waals surface area contributed by atoms with E-state index in [1.807, 2.05) is 30.4 Å². The number of nitrogens with zero attached hydrogens (tertiary/aromatic N) is 1. The second kappa shape index (κ2) is 3.22. The number of rotatable bonds is 1. The van der Waals surface area contributed by atoms with Crippen molar-refractivity contribution in [3.63, 3.8) is 0 Å². The third kappa shape index (κ3) is 1.37. The summed E-state index contributed by atoms with van der Waals surface area (Å²) in [6.45, 7) is 0.860. The van der Waals surface area contributed by atoms with Gasteiger partial charge in [0, 0.05) is 18.8 Å². The summed E-state index contributed by atoms with van der Waals surface area (Å²) in [4.78, 5) is 4.21. The smallest absolute Gasteiger partial charge is 0.0867 e. The molecule has 2 rings (SSSR count). The molecule has 2 nitrogen and oxygen atoms in total. The van der Waals surface area contributed by atoms with Crippen molar-refractivity contribution in [1.82, 2.24) is 10.3 Å². The molecule has 0 spiro atoms.